The highest BCUT2D eigenvalue weighted by Gasteiger charge is 2.24. The molecule has 0 saturated carbocycles. The Bertz CT molecular complexity index is 492. The average Bonchev–Trinajstić information content (AvgIpc) is 2.72. The molecule has 0 aliphatic carbocycles. The van der Waals surface area contributed by atoms with E-state index in [9.17, 15) is 8.42 Å². The molecule has 1 aliphatic heterocycles. The second-order valence-electron chi connectivity index (χ2n) is 4.52. The lowest BCUT2D eigenvalue weighted by Crippen LogP contribution is -2.44. The second-order valence-corrected chi connectivity index (χ2v) is 7.57. The maximum absolute atomic E-state index is 11.4. The summed E-state index contributed by atoms with van der Waals surface area (Å²) in [5, 5.41) is 3.40. The molecule has 1 aromatic rings. The van der Waals surface area contributed by atoms with Gasteiger partial charge in [-0.25, -0.2) is 12.7 Å². The number of nitrogens with one attached hydrogen (secondary N) is 1. The molecule has 0 spiro atoms. The lowest BCUT2D eigenvalue weighted by atomic mass is 10.1. The van der Waals surface area contributed by atoms with Crippen molar-refractivity contribution in [3.8, 4) is 0 Å². The minimum absolute atomic E-state index is 0.366. The van der Waals surface area contributed by atoms with Crippen LogP contribution in [0.4, 0.5) is 0 Å². The molecule has 2 rings (SSSR count). The molecule has 2 heterocycles. The van der Waals surface area contributed by atoms with Crippen LogP contribution in [0.3, 0.4) is 0 Å². The number of rotatable bonds is 4. The van der Waals surface area contributed by atoms with Gasteiger partial charge in [-0.05, 0) is 47.6 Å². The van der Waals surface area contributed by atoms with Gasteiger partial charge in [0.2, 0.25) is 10.0 Å². The molecule has 0 unspecified atom stereocenters. The van der Waals surface area contributed by atoms with E-state index in [0.29, 0.717) is 25.7 Å². The summed E-state index contributed by atoms with van der Waals surface area (Å²) in [4.78, 5) is 0. The highest BCUT2D eigenvalue weighted by molar-refractivity contribution is 14.1. The Kier molecular flexibility index (Phi) is 4.68. The van der Waals surface area contributed by atoms with Crippen molar-refractivity contribution < 1.29 is 12.8 Å². The van der Waals surface area contributed by atoms with Crippen molar-refractivity contribution in [3.63, 3.8) is 0 Å². The zero-order valence-corrected chi connectivity index (χ0v) is 13.2. The third-order valence-electron chi connectivity index (χ3n) is 3.12. The van der Waals surface area contributed by atoms with Crippen LogP contribution in [-0.4, -0.2) is 38.1 Å². The quantitative estimate of drug-likeness (QED) is 0.798. The van der Waals surface area contributed by atoms with E-state index in [0.717, 1.165) is 22.4 Å². The third-order valence-corrected chi connectivity index (χ3v) is 5.00. The number of sulfonamides is 1. The molecule has 0 amide bonds. The van der Waals surface area contributed by atoms with Crippen LogP contribution >= 0.6 is 22.6 Å². The van der Waals surface area contributed by atoms with Gasteiger partial charge in [0.25, 0.3) is 0 Å². The zero-order chi connectivity index (χ0) is 13.2. The fraction of sp³-hybridized carbons (Fsp3) is 0.636. The highest BCUT2D eigenvalue weighted by atomic mass is 127. The molecule has 18 heavy (non-hydrogen) atoms. The Morgan fingerprint density at radius 2 is 2.11 bits per heavy atom. The van der Waals surface area contributed by atoms with E-state index < -0.39 is 10.0 Å². The summed E-state index contributed by atoms with van der Waals surface area (Å²) in [6.45, 7) is 1.91. The summed E-state index contributed by atoms with van der Waals surface area (Å²) in [7, 11) is -3.03. The molecule has 1 aromatic heterocycles. The van der Waals surface area contributed by atoms with Gasteiger partial charge in [0.05, 0.1) is 12.8 Å². The molecule has 0 radical (unpaired) electrons. The van der Waals surface area contributed by atoms with Crippen LogP contribution in [0.15, 0.2) is 16.5 Å². The highest BCUT2D eigenvalue weighted by Crippen LogP contribution is 2.15. The van der Waals surface area contributed by atoms with Gasteiger partial charge in [-0.1, -0.05) is 0 Å². The lowest BCUT2D eigenvalue weighted by Gasteiger charge is -2.30. The maximum atomic E-state index is 11.4. The largest absolute Gasteiger partial charge is 0.454 e. The molecule has 0 aromatic carbocycles. The van der Waals surface area contributed by atoms with Crippen LogP contribution in [-0.2, 0) is 16.6 Å². The van der Waals surface area contributed by atoms with Crippen LogP contribution in [0.5, 0.6) is 0 Å². The monoisotopic (exact) mass is 384 g/mol. The van der Waals surface area contributed by atoms with Crippen LogP contribution in [0.25, 0.3) is 0 Å². The summed E-state index contributed by atoms with van der Waals surface area (Å²) < 4.78 is 30.6. The summed E-state index contributed by atoms with van der Waals surface area (Å²) >= 11 is 2.14. The van der Waals surface area contributed by atoms with E-state index in [2.05, 4.69) is 27.9 Å². The van der Waals surface area contributed by atoms with Gasteiger partial charge < -0.3 is 9.73 Å². The van der Waals surface area contributed by atoms with Crippen molar-refractivity contribution >= 4 is 32.6 Å². The molecule has 1 fully saturated rings. The normalized spacial score (nSPS) is 19.2. The Hall–Kier alpha value is -0.120. The summed E-state index contributed by atoms with van der Waals surface area (Å²) in [6.07, 6.45) is 2.97. The molecular formula is C11H17IN2O3S. The van der Waals surface area contributed by atoms with Crippen molar-refractivity contribution in [2.75, 3.05) is 19.3 Å². The number of piperidine rings is 1. The van der Waals surface area contributed by atoms with E-state index >= 15 is 0 Å². The first kappa shape index (κ1) is 14.3. The average molecular weight is 384 g/mol. The molecule has 1 aliphatic rings. The Morgan fingerprint density at radius 3 is 2.61 bits per heavy atom. The molecule has 102 valence electrons. The number of nitrogens with zero attached hydrogens (tertiary/aromatic N) is 1. The topological polar surface area (TPSA) is 62.6 Å². The molecule has 0 bridgehead atoms. The molecule has 1 saturated heterocycles. The number of hydrogen-bond acceptors (Lipinski definition) is 4. The first-order valence-electron chi connectivity index (χ1n) is 5.88. The van der Waals surface area contributed by atoms with Gasteiger partial charge in [0.1, 0.15) is 5.76 Å². The van der Waals surface area contributed by atoms with Gasteiger partial charge in [-0.3, -0.25) is 0 Å². The Morgan fingerprint density at radius 1 is 1.44 bits per heavy atom. The van der Waals surface area contributed by atoms with E-state index in [1.807, 2.05) is 12.1 Å². The number of halogens is 1. The molecule has 1 N–H and O–H groups in total. The smallest absolute Gasteiger partial charge is 0.211 e. The van der Waals surface area contributed by atoms with Crippen molar-refractivity contribution in [1.29, 1.82) is 0 Å². The van der Waals surface area contributed by atoms with E-state index in [-0.39, 0.29) is 0 Å². The van der Waals surface area contributed by atoms with Gasteiger partial charge in [-0.15, -0.1) is 0 Å². The number of furan rings is 1. The molecular weight excluding hydrogens is 367 g/mol. The minimum Gasteiger partial charge on any atom is -0.454 e. The van der Waals surface area contributed by atoms with E-state index in [4.69, 9.17) is 4.42 Å². The minimum atomic E-state index is -3.03. The first-order chi connectivity index (χ1) is 8.45. The zero-order valence-electron chi connectivity index (χ0n) is 10.2. The van der Waals surface area contributed by atoms with Gasteiger partial charge in [0.15, 0.2) is 3.77 Å². The Balaban J connectivity index is 1.77. The van der Waals surface area contributed by atoms with Crippen molar-refractivity contribution in [2.24, 2.45) is 0 Å². The number of hydrogen-bond donors (Lipinski definition) is 1. The van der Waals surface area contributed by atoms with Crippen molar-refractivity contribution in [1.82, 2.24) is 9.62 Å². The second kappa shape index (κ2) is 5.89. The third kappa shape index (κ3) is 3.94. The van der Waals surface area contributed by atoms with E-state index in [1.54, 1.807) is 4.31 Å². The predicted octanol–water partition coefficient (Wildman–Crippen LogP) is 1.40. The summed E-state index contributed by atoms with van der Waals surface area (Å²) in [5.41, 5.74) is 0. The van der Waals surface area contributed by atoms with Crippen LogP contribution in [0, 0.1) is 3.77 Å². The SMILES string of the molecule is CS(=O)(=O)N1CCC(NCc2ccc(I)o2)CC1. The molecule has 7 heteroatoms. The van der Waals surface area contributed by atoms with Crippen molar-refractivity contribution in [2.45, 2.75) is 25.4 Å². The standard InChI is InChI=1S/C11H17IN2O3S/c1-18(15,16)14-6-4-9(5-7-14)13-8-10-2-3-11(12)17-10/h2-3,9,13H,4-8H2,1H3. The van der Waals surface area contributed by atoms with Gasteiger partial charge in [-0.2, -0.15) is 0 Å². The summed E-state index contributed by atoms with van der Waals surface area (Å²) in [6, 6.07) is 4.26. The van der Waals surface area contributed by atoms with E-state index in [1.165, 1.54) is 6.26 Å². The van der Waals surface area contributed by atoms with Gasteiger partial charge in [0, 0.05) is 19.1 Å². The molecule has 5 nitrogen and oxygen atoms in total. The first-order valence-corrected chi connectivity index (χ1v) is 8.80. The maximum Gasteiger partial charge on any atom is 0.211 e. The van der Waals surface area contributed by atoms with Crippen LogP contribution < -0.4 is 5.32 Å². The fourth-order valence-corrected chi connectivity index (χ4v) is 3.42. The van der Waals surface area contributed by atoms with Crippen LogP contribution in [0.2, 0.25) is 0 Å². The predicted molar refractivity (Wildman–Crippen MR) is 77.7 cm³/mol. The summed E-state index contributed by atoms with van der Waals surface area (Å²) in [5.74, 6) is 0.921. The van der Waals surface area contributed by atoms with Gasteiger partial charge >= 0.3 is 0 Å². The lowest BCUT2D eigenvalue weighted by molar-refractivity contribution is 0.284. The Labute approximate surface area is 121 Å². The van der Waals surface area contributed by atoms with Crippen molar-refractivity contribution in [3.05, 3.63) is 21.7 Å². The van der Waals surface area contributed by atoms with Crippen LogP contribution in [0.1, 0.15) is 18.6 Å². The molecule has 0 atom stereocenters. The fourth-order valence-electron chi connectivity index (χ4n) is 2.08.